The van der Waals surface area contributed by atoms with E-state index in [1.807, 2.05) is 13.8 Å². The lowest BCUT2D eigenvalue weighted by atomic mass is 9.93. The van der Waals surface area contributed by atoms with Crippen LogP contribution in [0.2, 0.25) is 0 Å². The van der Waals surface area contributed by atoms with E-state index in [4.69, 9.17) is 58.3 Å². The molecule has 0 aromatic rings. The van der Waals surface area contributed by atoms with Crippen LogP contribution in [0.5, 0.6) is 0 Å². The van der Waals surface area contributed by atoms with Gasteiger partial charge in [-0.3, -0.25) is 0 Å². The molecule has 0 heterocycles. The average Bonchev–Trinajstić information content (AvgIpc) is 2.59. The van der Waals surface area contributed by atoms with Gasteiger partial charge in [-0.05, 0) is 61.7 Å². The van der Waals surface area contributed by atoms with Gasteiger partial charge in [0, 0.05) is 0 Å². The fourth-order valence-corrected chi connectivity index (χ4v) is 3.73. The summed E-state index contributed by atoms with van der Waals surface area (Å²) in [5.74, 6) is 0. The molecule has 0 fully saturated rings. The molecule has 4 N–H and O–H groups in total. The Balaban J connectivity index is 5.20. The molecule has 0 aliphatic heterocycles. The molecule has 0 aromatic heterocycles. The van der Waals surface area contributed by atoms with Gasteiger partial charge in [-0.1, -0.05) is 39.5 Å². The smallest absolute Gasteiger partial charge is 0.190 e. The van der Waals surface area contributed by atoms with Crippen LogP contribution in [-0.2, 0) is 9.47 Å². The Kier molecular flexibility index (Phi) is 13.4. The summed E-state index contributed by atoms with van der Waals surface area (Å²) in [4.78, 5) is 0. The van der Waals surface area contributed by atoms with Crippen molar-refractivity contribution in [1.29, 1.82) is 0 Å². The first kappa shape index (κ1) is 27.5. The average molecular weight is 471 g/mol. The first-order chi connectivity index (χ1) is 13.0. The van der Waals surface area contributed by atoms with E-state index in [0.29, 0.717) is 25.7 Å². The summed E-state index contributed by atoms with van der Waals surface area (Å²) in [6.07, 6.45) is 3.69. The quantitative estimate of drug-likeness (QED) is 0.168. The van der Waals surface area contributed by atoms with Gasteiger partial charge < -0.3 is 29.9 Å². The number of rotatable bonds is 17. The lowest BCUT2D eigenvalue weighted by molar-refractivity contribution is -0.0715. The van der Waals surface area contributed by atoms with Crippen molar-refractivity contribution >= 4 is 69.1 Å². The molecule has 0 radical (unpaired) electrons. The van der Waals surface area contributed by atoms with Crippen LogP contribution in [-0.4, -0.2) is 65.0 Å². The number of hydrogen-bond acceptors (Lipinski definition) is 6. The van der Waals surface area contributed by atoms with Crippen molar-refractivity contribution in [3.8, 4) is 0 Å². The molecule has 0 aliphatic rings. The fourth-order valence-electron chi connectivity index (χ4n) is 2.80. The summed E-state index contributed by atoms with van der Waals surface area (Å²) in [6.45, 7) is 3.96. The molecule has 10 heteroatoms. The van der Waals surface area contributed by atoms with Crippen LogP contribution in [0.15, 0.2) is 0 Å². The van der Waals surface area contributed by atoms with Crippen LogP contribution < -0.4 is 0 Å². The molecule has 2 unspecified atom stereocenters. The van der Waals surface area contributed by atoms with Gasteiger partial charge in [0.2, 0.25) is 0 Å². The van der Waals surface area contributed by atoms with Gasteiger partial charge in [0.25, 0.3) is 0 Å². The van der Waals surface area contributed by atoms with Crippen LogP contribution in [0, 0.1) is 0 Å². The Labute approximate surface area is 188 Å². The maximum atomic E-state index is 10.0. The summed E-state index contributed by atoms with van der Waals surface area (Å²) in [5.41, 5.74) is -2.56. The minimum atomic E-state index is -1.28. The molecule has 162 valence electrons. The molecule has 0 saturated carbocycles. The molecule has 0 aromatic carbocycles. The number of thiocarbonyl (C=S) groups is 4. The van der Waals surface area contributed by atoms with Crippen LogP contribution in [0.3, 0.4) is 0 Å². The summed E-state index contributed by atoms with van der Waals surface area (Å²) < 4.78 is 11.6. The van der Waals surface area contributed by atoms with Crippen molar-refractivity contribution in [3.05, 3.63) is 0 Å². The van der Waals surface area contributed by atoms with Crippen molar-refractivity contribution < 1.29 is 29.9 Å². The number of unbranched alkanes of at least 4 members (excludes halogenated alkanes) is 2. The van der Waals surface area contributed by atoms with Gasteiger partial charge >= 0.3 is 0 Å². The predicted molar refractivity (Wildman–Crippen MR) is 127 cm³/mol. The van der Waals surface area contributed by atoms with Crippen LogP contribution in [0.25, 0.3) is 0 Å². The zero-order valence-corrected chi connectivity index (χ0v) is 19.6. The van der Waals surface area contributed by atoms with Crippen LogP contribution in [0.4, 0.5) is 0 Å². The summed E-state index contributed by atoms with van der Waals surface area (Å²) >= 11 is 19.4. The van der Waals surface area contributed by atoms with Gasteiger partial charge in [-0.25, -0.2) is 0 Å². The molecule has 6 nitrogen and oxygen atoms in total. The fraction of sp³-hybridized carbons (Fsp3) is 0.778. The molecule has 0 amide bonds. The van der Waals surface area contributed by atoms with E-state index in [2.05, 4.69) is 0 Å². The Morgan fingerprint density at radius 2 is 1.00 bits per heavy atom. The maximum Gasteiger partial charge on any atom is 0.190 e. The molecular weight excluding hydrogens is 440 g/mol. The minimum absolute atomic E-state index is 0.00169. The Bertz CT molecular complexity index is 508. The summed E-state index contributed by atoms with van der Waals surface area (Å²) in [6, 6.07) is 0. The Hall–Kier alpha value is -0.520. The third-order valence-corrected chi connectivity index (χ3v) is 5.39. The lowest BCUT2D eigenvalue weighted by Gasteiger charge is -2.34. The van der Waals surface area contributed by atoms with Crippen molar-refractivity contribution in [2.45, 2.75) is 76.4 Å². The Morgan fingerprint density at radius 1 is 0.679 bits per heavy atom. The van der Waals surface area contributed by atoms with Crippen molar-refractivity contribution in [2.24, 2.45) is 0 Å². The summed E-state index contributed by atoms with van der Waals surface area (Å²) in [5, 5.41) is 37.7. The zero-order chi connectivity index (χ0) is 21.8. The van der Waals surface area contributed by atoms with Crippen molar-refractivity contribution in [3.63, 3.8) is 0 Å². The monoisotopic (exact) mass is 470 g/mol. The normalized spacial score (nSPS) is 15.4. The van der Waals surface area contributed by atoms with E-state index in [1.54, 1.807) is 0 Å². The second-order valence-corrected chi connectivity index (χ2v) is 8.36. The molecule has 0 rings (SSSR count). The highest BCUT2D eigenvalue weighted by Gasteiger charge is 2.39. The number of hydrogen-bond donors (Lipinski definition) is 4. The largest absolute Gasteiger partial charge is 0.502 e. The molecule has 0 saturated heterocycles. The van der Waals surface area contributed by atoms with Gasteiger partial charge in [0.15, 0.2) is 20.2 Å². The zero-order valence-electron chi connectivity index (χ0n) is 16.3. The lowest BCUT2D eigenvalue weighted by Crippen LogP contribution is -2.45. The highest BCUT2D eigenvalue weighted by molar-refractivity contribution is 7.81. The van der Waals surface area contributed by atoms with Crippen LogP contribution >= 0.6 is 48.9 Å². The van der Waals surface area contributed by atoms with Crippen LogP contribution in [0.1, 0.15) is 65.2 Å². The molecule has 0 bridgehead atoms. The van der Waals surface area contributed by atoms with E-state index in [-0.39, 0.29) is 46.3 Å². The molecule has 2 atom stereocenters. The van der Waals surface area contributed by atoms with E-state index in [1.165, 1.54) is 0 Å². The first-order valence-corrected chi connectivity index (χ1v) is 10.9. The van der Waals surface area contributed by atoms with Crippen molar-refractivity contribution in [2.75, 3.05) is 13.2 Å². The minimum Gasteiger partial charge on any atom is -0.502 e. The Morgan fingerprint density at radius 3 is 1.21 bits per heavy atom. The predicted octanol–water partition coefficient (Wildman–Crippen LogP) is 5.20. The second kappa shape index (κ2) is 13.7. The topological polar surface area (TPSA) is 99.4 Å². The number of aliphatic hydroxyl groups excluding tert-OH is 4. The SMILES string of the molecule is CCCCC(CC(O)=S)(OCCOC(CCCC)(CC(O)=S)C(O)=S)C(O)=S. The van der Waals surface area contributed by atoms with E-state index in [0.717, 1.165) is 12.8 Å². The third-order valence-electron chi connectivity index (χ3n) is 4.36. The highest BCUT2D eigenvalue weighted by atomic mass is 32.1. The second-order valence-electron chi connectivity index (χ2n) is 6.64. The van der Waals surface area contributed by atoms with E-state index < -0.39 is 11.2 Å². The van der Waals surface area contributed by atoms with Gasteiger partial charge in [0.05, 0.1) is 26.1 Å². The maximum absolute atomic E-state index is 10.0. The molecule has 28 heavy (non-hydrogen) atoms. The molecular formula is C18H30O6S4. The van der Waals surface area contributed by atoms with E-state index in [9.17, 15) is 20.4 Å². The number of aliphatic hydroxyl groups is 4. The highest BCUT2D eigenvalue weighted by Crippen LogP contribution is 2.28. The number of ether oxygens (including phenoxy) is 2. The van der Waals surface area contributed by atoms with Gasteiger partial charge in [0.1, 0.15) is 11.2 Å². The first-order valence-electron chi connectivity index (χ1n) is 9.23. The van der Waals surface area contributed by atoms with E-state index >= 15 is 0 Å². The third kappa shape index (κ3) is 9.32. The van der Waals surface area contributed by atoms with Gasteiger partial charge in [-0.15, -0.1) is 0 Å². The van der Waals surface area contributed by atoms with Gasteiger partial charge in [-0.2, -0.15) is 0 Å². The molecule has 0 spiro atoms. The van der Waals surface area contributed by atoms with Crippen molar-refractivity contribution in [1.82, 2.24) is 0 Å². The standard InChI is InChI=1S/C18H30O6S4/c1-3-5-7-17(15(21)27,11-13(19)25)23-9-10-24-18(16(22)28,8-6-4-2)12-14(20)26/h3-12H2,1-2H3,(H,19,25)(H,20,26)(H,21,27)(H,22,28). The molecule has 0 aliphatic carbocycles. The summed E-state index contributed by atoms with van der Waals surface area (Å²) in [7, 11) is 0.